The summed E-state index contributed by atoms with van der Waals surface area (Å²) in [5, 5.41) is 0. The lowest BCUT2D eigenvalue weighted by molar-refractivity contribution is 0.208. The highest BCUT2D eigenvalue weighted by Crippen LogP contribution is 2.22. The van der Waals surface area contributed by atoms with Crippen LogP contribution in [-0.2, 0) is 0 Å². The Kier molecular flexibility index (Phi) is 9.18. The number of hydrogen-bond donors (Lipinski definition) is 0. The van der Waals surface area contributed by atoms with Crippen LogP contribution in [0.3, 0.4) is 0 Å². The molecular weight excluding hydrogens is 182 g/mol. The standard InChI is InChI=1S/C12H25N.C2H6/c1-11(2)5-4-6-12-7-9-13(3)10-8-12;1-2/h11-12H,4-10H2,1-3H3;1-2H3. The molecule has 0 aromatic carbocycles. The zero-order chi connectivity index (χ0) is 11.7. The maximum atomic E-state index is 2.46. The summed E-state index contributed by atoms with van der Waals surface area (Å²) >= 11 is 0. The monoisotopic (exact) mass is 213 g/mol. The lowest BCUT2D eigenvalue weighted by Crippen LogP contribution is -2.30. The molecule has 0 bridgehead atoms. The van der Waals surface area contributed by atoms with E-state index in [0.717, 1.165) is 11.8 Å². The first-order chi connectivity index (χ1) is 7.18. The molecule has 1 heteroatoms. The normalized spacial score (nSPS) is 18.8. The van der Waals surface area contributed by atoms with Crippen LogP contribution in [0.15, 0.2) is 0 Å². The summed E-state index contributed by atoms with van der Waals surface area (Å²) in [6.45, 7) is 11.3. The van der Waals surface area contributed by atoms with Crippen LogP contribution in [0, 0.1) is 11.8 Å². The van der Waals surface area contributed by atoms with Crippen LogP contribution >= 0.6 is 0 Å². The van der Waals surface area contributed by atoms with Gasteiger partial charge in [0.1, 0.15) is 0 Å². The zero-order valence-corrected chi connectivity index (χ0v) is 11.6. The molecule has 0 aliphatic carbocycles. The van der Waals surface area contributed by atoms with Gasteiger partial charge in [-0.25, -0.2) is 0 Å². The Hall–Kier alpha value is -0.0400. The van der Waals surface area contributed by atoms with Gasteiger partial charge in [0.15, 0.2) is 0 Å². The van der Waals surface area contributed by atoms with E-state index in [4.69, 9.17) is 0 Å². The van der Waals surface area contributed by atoms with Crippen molar-refractivity contribution in [2.45, 2.75) is 59.8 Å². The molecule has 0 aromatic heterocycles. The van der Waals surface area contributed by atoms with Gasteiger partial charge in [-0.3, -0.25) is 0 Å². The Bertz CT molecular complexity index is 123. The van der Waals surface area contributed by atoms with Crippen LogP contribution in [0.5, 0.6) is 0 Å². The molecule has 0 radical (unpaired) electrons. The topological polar surface area (TPSA) is 3.24 Å². The highest BCUT2D eigenvalue weighted by atomic mass is 15.1. The van der Waals surface area contributed by atoms with E-state index in [1.54, 1.807) is 0 Å². The van der Waals surface area contributed by atoms with Crippen LogP contribution < -0.4 is 0 Å². The van der Waals surface area contributed by atoms with Crippen molar-refractivity contribution in [2.75, 3.05) is 20.1 Å². The second-order valence-corrected chi connectivity index (χ2v) is 5.07. The fourth-order valence-corrected chi connectivity index (χ4v) is 2.17. The van der Waals surface area contributed by atoms with Crippen molar-refractivity contribution in [2.24, 2.45) is 11.8 Å². The number of piperidine rings is 1. The summed E-state index contributed by atoms with van der Waals surface area (Å²) < 4.78 is 0. The Morgan fingerprint density at radius 3 is 2.13 bits per heavy atom. The van der Waals surface area contributed by atoms with Gasteiger partial charge >= 0.3 is 0 Å². The molecule has 92 valence electrons. The number of rotatable bonds is 4. The molecule has 1 fully saturated rings. The summed E-state index contributed by atoms with van der Waals surface area (Å²) in [5.74, 6) is 1.93. The third-order valence-electron chi connectivity index (χ3n) is 3.23. The van der Waals surface area contributed by atoms with Gasteiger partial charge in [-0.15, -0.1) is 0 Å². The quantitative estimate of drug-likeness (QED) is 0.677. The van der Waals surface area contributed by atoms with Crippen molar-refractivity contribution in [1.29, 1.82) is 0 Å². The Morgan fingerprint density at radius 1 is 1.13 bits per heavy atom. The van der Waals surface area contributed by atoms with E-state index in [0.29, 0.717) is 0 Å². The molecule has 0 unspecified atom stereocenters. The van der Waals surface area contributed by atoms with E-state index < -0.39 is 0 Å². The van der Waals surface area contributed by atoms with Gasteiger partial charge in [-0.2, -0.15) is 0 Å². The minimum absolute atomic E-state index is 0.895. The fraction of sp³-hybridized carbons (Fsp3) is 1.00. The molecule has 1 heterocycles. The second-order valence-electron chi connectivity index (χ2n) is 5.07. The van der Waals surface area contributed by atoms with Crippen LogP contribution in [0.2, 0.25) is 0 Å². The fourth-order valence-electron chi connectivity index (χ4n) is 2.17. The van der Waals surface area contributed by atoms with E-state index in [-0.39, 0.29) is 0 Å². The Balaban J connectivity index is 0.000000921. The molecule has 0 aromatic rings. The van der Waals surface area contributed by atoms with E-state index in [9.17, 15) is 0 Å². The molecule has 0 amide bonds. The molecule has 15 heavy (non-hydrogen) atoms. The lowest BCUT2D eigenvalue weighted by atomic mass is 9.90. The van der Waals surface area contributed by atoms with Crippen molar-refractivity contribution in [3.05, 3.63) is 0 Å². The molecule has 1 aliphatic rings. The molecule has 0 N–H and O–H groups in total. The van der Waals surface area contributed by atoms with E-state index in [1.807, 2.05) is 13.8 Å². The molecule has 0 spiro atoms. The van der Waals surface area contributed by atoms with Crippen molar-refractivity contribution in [3.63, 3.8) is 0 Å². The lowest BCUT2D eigenvalue weighted by Gasteiger charge is -2.29. The van der Waals surface area contributed by atoms with Gasteiger partial charge in [-0.1, -0.05) is 47.0 Å². The smallest absolute Gasteiger partial charge is 0.00191 e. The molecule has 0 saturated carbocycles. The summed E-state index contributed by atoms with van der Waals surface area (Å²) in [4.78, 5) is 2.46. The van der Waals surface area contributed by atoms with Crippen LogP contribution in [0.1, 0.15) is 59.8 Å². The molecule has 1 aliphatic heterocycles. The van der Waals surface area contributed by atoms with Crippen molar-refractivity contribution in [3.8, 4) is 0 Å². The third-order valence-corrected chi connectivity index (χ3v) is 3.23. The highest BCUT2D eigenvalue weighted by molar-refractivity contribution is 4.69. The van der Waals surface area contributed by atoms with Crippen molar-refractivity contribution in [1.82, 2.24) is 4.90 Å². The van der Waals surface area contributed by atoms with Crippen LogP contribution in [-0.4, -0.2) is 25.0 Å². The van der Waals surface area contributed by atoms with E-state index in [1.165, 1.54) is 45.2 Å². The van der Waals surface area contributed by atoms with Crippen molar-refractivity contribution < 1.29 is 0 Å². The van der Waals surface area contributed by atoms with Gasteiger partial charge in [0.2, 0.25) is 0 Å². The van der Waals surface area contributed by atoms with Gasteiger partial charge in [0.05, 0.1) is 0 Å². The zero-order valence-electron chi connectivity index (χ0n) is 11.6. The average Bonchev–Trinajstić information content (AvgIpc) is 2.23. The van der Waals surface area contributed by atoms with Crippen molar-refractivity contribution >= 4 is 0 Å². The number of nitrogens with zero attached hydrogens (tertiary/aromatic N) is 1. The predicted octanol–water partition coefficient (Wildman–Crippen LogP) is 4.18. The molecule has 1 saturated heterocycles. The maximum Gasteiger partial charge on any atom is -0.00191 e. The van der Waals surface area contributed by atoms with Crippen LogP contribution in [0.4, 0.5) is 0 Å². The van der Waals surface area contributed by atoms with Gasteiger partial charge in [0, 0.05) is 0 Å². The highest BCUT2D eigenvalue weighted by Gasteiger charge is 2.15. The molecule has 1 nitrogen and oxygen atoms in total. The maximum absolute atomic E-state index is 2.46. The van der Waals surface area contributed by atoms with E-state index >= 15 is 0 Å². The minimum Gasteiger partial charge on any atom is -0.306 e. The summed E-state index contributed by atoms with van der Waals surface area (Å²) in [5.41, 5.74) is 0. The molecule has 0 atom stereocenters. The average molecular weight is 213 g/mol. The van der Waals surface area contributed by atoms with Crippen LogP contribution in [0.25, 0.3) is 0 Å². The second kappa shape index (κ2) is 9.21. The number of likely N-dealkylation sites (tertiary alicyclic amines) is 1. The van der Waals surface area contributed by atoms with Gasteiger partial charge in [-0.05, 0) is 44.8 Å². The summed E-state index contributed by atoms with van der Waals surface area (Å²) in [6.07, 6.45) is 7.23. The SMILES string of the molecule is CC.CC(C)CCCC1CCN(C)CC1. The minimum atomic E-state index is 0.895. The van der Waals surface area contributed by atoms with Gasteiger partial charge in [0.25, 0.3) is 0 Å². The summed E-state index contributed by atoms with van der Waals surface area (Å²) in [7, 11) is 2.24. The molecule has 1 rings (SSSR count). The first-order valence-corrected chi connectivity index (χ1v) is 6.87. The third kappa shape index (κ3) is 7.84. The molecular formula is C14H31N. The van der Waals surface area contributed by atoms with E-state index in [2.05, 4.69) is 25.8 Å². The Morgan fingerprint density at radius 2 is 1.67 bits per heavy atom. The first kappa shape index (κ1) is 15.0. The summed E-state index contributed by atoms with van der Waals surface area (Å²) in [6, 6.07) is 0. The largest absolute Gasteiger partial charge is 0.306 e. The Labute approximate surface area is 97.2 Å². The van der Waals surface area contributed by atoms with Gasteiger partial charge < -0.3 is 4.90 Å². The number of hydrogen-bond acceptors (Lipinski definition) is 1. The first-order valence-electron chi connectivity index (χ1n) is 6.87. The predicted molar refractivity (Wildman–Crippen MR) is 70.3 cm³/mol.